The summed E-state index contributed by atoms with van der Waals surface area (Å²) in [6.07, 6.45) is 1.73. The predicted molar refractivity (Wildman–Crippen MR) is 124 cm³/mol. The van der Waals surface area contributed by atoms with Crippen molar-refractivity contribution in [1.29, 1.82) is 0 Å². The van der Waals surface area contributed by atoms with Gasteiger partial charge in [0.25, 0.3) is 5.91 Å². The molecule has 0 spiro atoms. The lowest BCUT2D eigenvalue weighted by atomic mass is 10.1. The number of carbonyl (C=O) groups excluding carboxylic acids is 1. The van der Waals surface area contributed by atoms with Gasteiger partial charge in [-0.05, 0) is 55.5 Å². The topological polar surface area (TPSA) is 66.9 Å². The van der Waals surface area contributed by atoms with Crippen LogP contribution in [0, 0.1) is 6.92 Å². The van der Waals surface area contributed by atoms with Gasteiger partial charge in [-0.25, -0.2) is 9.97 Å². The van der Waals surface area contributed by atoms with Crippen LogP contribution in [-0.4, -0.2) is 15.9 Å². The Balaban J connectivity index is 1.45. The molecule has 0 bridgehead atoms. The first-order valence-electron chi connectivity index (χ1n) is 9.41. The van der Waals surface area contributed by atoms with Gasteiger partial charge in [0.05, 0.1) is 0 Å². The van der Waals surface area contributed by atoms with Gasteiger partial charge in [0, 0.05) is 33.2 Å². The molecule has 1 aromatic heterocycles. The number of carbonyl (C=O) groups is 1. The van der Waals surface area contributed by atoms with Gasteiger partial charge in [0.15, 0.2) is 5.82 Å². The molecule has 2 N–H and O–H groups in total. The standard InChI is InChI=1S/C24H19BrN4O/c1-16-5-7-17(8-6-16)23-26-14-13-22(29-23)27-20-11-9-18(10-12-20)24(30)28-21-4-2-3-19(25)15-21/h2-15H,1H3,(H,28,30)(H,26,27,29). The van der Waals surface area contributed by atoms with E-state index in [0.29, 0.717) is 17.2 Å². The second kappa shape index (κ2) is 8.88. The molecule has 0 aliphatic carbocycles. The van der Waals surface area contributed by atoms with E-state index in [1.807, 2.05) is 73.7 Å². The molecule has 1 amide bonds. The van der Waals surface area contributed by atoms with E-state index in [0.717, 1.165) is 21.4 Å². The Morgan fingerprint density at radius 3 is 2.40 bits per heavy atom. The van der Waals surface area contributed by atoms with Gasteiger partial charge in [-0.15, -0.1) is 0 Å². The summed E-state index contributed by atoms with van der Waals surface area (Å²) < 4.78 is 0.912. The summed E-state index contributed by atoms with van der Waals surface area (Å²) in [5.74, 6) is 1.18. The van der Waals surface area contributed by atoms with Crippen molar-refractivity contribution in [2.45, 2.75) is 6.92 Å². The monoisotopic (exact) mass is 458 g/mol. The van der Waals surface area contributed by atoms with Crippen molar-refractivity contribution in [2.75, 3.05) is 10.6 Å². The number of hydrogen-bond donors (Lipinski definition) is 2. The lowest BCUT2D eigenvalue weighted by molar-refractivity contribution is 0.102. The molecular weight excluding hydrogens is 440 g/mol. The number of rotatable bonds is 5. The molecule has 1 heterocycles. The average Bonchev–Trinajstić information content (AvgIpc) is 2.75. The third-order valence-electron chi connectivity index (χ3n) is 4.47. The highest BCUT2D eigenvalue weighted by Gasteiger charge is 2.07. The SMILES string of the molecule is Cc1ccc(-c2nccc(Nc3ccc(C(=O)Nc4cccc(Br)c4)cc3)n2)cc1. The van der Waals surface area contributed by atoms with E-state index in [2.05, 4.69) is 36.5 Å². The highest BCUT2D eigenvalue weighted by Crippen LogP contribution is 2.21. The number of nitrogens with zero attached hydrogens (tertiary/aromatic N) is 2. The van der Waals surface area contributed by atoms with Crippen LogP contribution in [0.25, 0.3) is 11.4 Å². The normalized spacial score (nSPS) is 10.5. The molecule has 0 saturated heterocycles. The van der Waals surface area contributed by atoms with Gasteiger partial charge in [-0.1, -0.05) is 51.8 Å². The summed E-state index contributed by atoms with van der Waals surface area (Å²) >= 11 is 3.40. The number of halogens is 1. The smallest absolute Gasteiger partial charge is 0.255 e. The van der Waals surface area contributed by atoms with Gasteiger partial charge in [0.2, 0.25) is 0 Å². The van der Waals surface area contributed by atoms with Crippen molar-refractivity contribution >= 4 is 39.0 Å². The maximum atomic E-state index is 12.5. The summed E-state index contributed by atoms with van der Waals surface area (Å²) in [6, 6.07) is 24.6. The van der Waals surface area contributed by atoms with Crippen molar-refractivity contribution in [2.24, 2.45) is 0 Å². The minimum absolute atomic E-state index is 0.164. The molecule has 0 fully saturated rings. The molecule has 0 unspecified atom stereocenters. The molecule has 0 radical (unpaired) electrons. The van der Waals surface area contributed by atoms with Gasteiger partial charge in [0.1, 0.15) is 5.82 Å². The molecule has 0 aliphatic heterocycles. The van der Waals surface area contributed by atoms with E-state index in [-0.39, 0.29) is 5.91 Å². The molecule has 30 heavy (non-hydrogen) atoms. The lowest BCUT2D eigenvalue weighted by Crippen LogP contribution is -2.11. The molecule has 0 atom stereocenters. The second-order valence-corrected chi connectivity index (χ2v) is 7.71. The number of benzene rings is 3. The minimum atomic E-state index is -0.164. The molecule has 5 nitrogen and oxygen atoms in total. The molecule has 0 aliphatic rings. The molecule has 4 rings (SSSR count). The van der Waals surface area contributed by atoms with Crippen LogP contribution in [-0.2, 0) is 0 Å². The van der Waals surface area contributed by atoms with E-state index >= 15 is 0 Å². The molecule has 6 heteroatoms. The molecular formula is C24H19BrN4O. The highest BCUT2D eigenvalue weighted by molar-refractivity contribution is 9.10. The Bertz CT molecular complexity index is 1170. The van der Waals surface area contributed by atoms with Crippen molar-refractivity contribution in [3.63, 3.8) is 0 Å². The Morgan fingerprint density at radius 2 is 1.67 bits per heavy atom. The van der Waals surface area contributed by atoms with Crippen LogP contribution < -0.4 is 10.6 Å². The van der Waals surface area contributed by atoms with Crippen LogP contribution in [0.1, 0.15) is 15.9 Å². The quantitative estimate of drug-likeness (QED) is 0.372. The number of aryl methyl sites for hydroxylation is 1. The number of aromatic nitrogens is 2. The number of amides is 1. The van der Waals surface area contributed by atoms with Crippen LogP contribution in [0.3, 0.4) is 0 Å². The third-order valence-corrected chi connectivity index (χ3v) is 4.96. The maximum Gasteiger partial charge on any atom is 0.255 e. The number of nitrogens with one attached hydrogen (secondary N) is 2. The first-order valence-corrected chi connectivity index (χ1v) is 10.2. The van der Waals surface area contributed by atoms with E-state index < -0.39 is 0 Å². The fourth-order valence-corrected chi connectivity index (χ4v) is 3.29. The minimum Gasteiger partial charge on any atom is -0.340 e. The Hall–Kier alpha value is -3.51. The molecule has 148 valence electrons. The van der Waals surface area contributed by atoms with Crippen LogP contribution in [0.5, 0.6) is 0 Å². The van der Waals surface area contributed by atoms with Crippen LogP contribution in [0.2, 0.25) is 0 Å². The van der Waals surface area contributed by atoms with Crippen molar-refractivity contribution in [1.82, 2.24) is 9.97 Å². The second-order valence-electron chi connectivity index (χ2n) is 6.80. The predicted octanol–water partition coefficient (Wildman–Crippen LogP) is 6.21. The van der Waals surface area contributed by atoms with E-state index in [1.165, 1.54) is 5.56 Å². The van der Waals surface area contributed by atoms with E-state index in [1.54, 1.807) is 18.3 Å². The largest absolute Gasteiger partial charge is 0.340 e. The first-order chi connectivity index (χ1) is 14.6. The molecule has 4 aromatic rings. The van der Waals surface area contributed by atoms with Crippen LogP contribution >= 0.6 is 15.9 Å². The van der Waals surface area contributed by atoms with Crippen molar-refractivity contribution < 1.29 is 4.79 Å². The third kappa shape index (κ3) is 4.90. The fraction of sp³-hybridized carbons (Fsp3) is 0.0417. The van der Waals surface area contributed by atoms with Crippen LogP contribution in [0.15, 0.2) is 89.5 Å². The summed E-state index contributed by atoms with van der Waals surface area (Å²) in [5.41, 5.74) is 4.30. The average molecular weight is 459 g/mol. The lowest BCUT2D eigenvalue weighted by Gasteiger charge is -2.09. The summed E-state index contributed by atoms with van der Waals surface area (Å²) in [5, 5.41) is 6.15. The first kappa shape index (κ1) is 19.8. The van der Waals surface area contributed by atoms with Gasteiger partial charge in [-0.2, -0.15) is 0 Å². The van der Waals surface area contributed by atoms with Gasteiger partial charge < -0.3 is 10.6 Å². The van der Waals surface area contributed by atoms with Gasteiger partial charge in [-0.3, -0.25) is 4.79 Å². The maximum absolute atomic E-state index is 12.5. The molecule has 3 aromatic carbocycles. The number of hydrogen-bond acceptors (Lipinski definition) is 4. The zero-order chi connectivity index (χ0) is 20.9. The van der Waals surface area contributed by atoms with Gasteiger partial charge >= 0.3 is 0 Å². The Kier molecular flexibility index (Phi) is 5.86. The summed E-state index contributed by atoms with van der Waals surface area (Å²) in [4.78, 5) is 21.4. The van der Waals surface area contributed by atoms with Crippen molar-refractivity contribution in [3.05, 3.63) is 101 Å². The zero-order valence-electron chi connectivity index (χ0n) is 16.3. The summed E-state index contributed by atoms with van der Waals surface area (Å²) in [6.45, 7) is 2.05. The van der Waals surface area contributed by atoms with E-state index in [9.17, 15) is 4.79 Å². The summed E-state index contributed by atoms with van der Waals surface area (Å²) in [7, 11) is 0. The fourth-order valence-electron chi connectivity index (χ4n) is 2.89. The zero-order valence-corrected chi connectivity index (χ0v) is 17.8. The van der Waals surface area contributed by atoms with Crippen molar-refractivity contribution in [3.8, 4) is 11.4 Å². The van der Waals surface area contributed by atoms with E-state index in [4.69, 9.17) is 0 Å². The van der Waals surface area contributed by atoms with Crippen LogP contribution in [0.4, 0.5) is 17.2 Å². The highest BCUT2D eigenvalue weighted by atomic mass is 79.9. The Morgan fingerprint density at radius 1 is 0.900 bits per heavy atom. The Labute approximate surface area is 183 Å². The number of anilines is 3. The molecule has 0 saturated carbocycles.